The molecule has 7 nitrogen and oxygen atoms in total. The summed E-state index contributed by atoms with van der Waals surface area (Å²) in [6.45, 7) is 5.84. The van der Waals surface area contributed by atoms with Crippen LogP contribution in [-0.4, -0.2) is 47.0 Å². The van der Waals surface area contributed by atoms with E-state index in [9.17, 15) is 0 Å². The smallest absolute Gasteiger partial charge is 0.191 e. The summed E-state index contributed by atoms with van der Waals surface area (Å²) in [7, 11) is 3.49. The van der Waals surface area contributed by atoms with Gasteiger partial charge in [-0.1, -0.05) is 13.8 Å². The number of rotatable bonds is 4. The van der Waals surface area contributed by atoms with Gasteiger partial charge in [-0.3, -0.25) is 4.99 Å². The number of aryl methyl sites for hydroxylation is 1. The Kier molecular flexibility index (Phi) is 4.08. The van der Waals surface area contributed by atoms with E-state index in [0.29, 0.717) is 24.1 Å². The highest BCUT2D eigenvalue weighted by Crippen LogP contribution is 2.44. The second-order valence-corrected chi connectivity index (χ2v) is 6.90. The van der Waals surface area contributed by atoms with E-state index in [-0.39, 0.29) is 0 Å². The zero-order valence-corrected chi connectivity index (χ0v) is 13.9. The van der Waals surface area contributed by atoms with E-state index in [1.807, 2.05) is 11.7 Å². The molecule has 2 N–H and O–H groups in total. The quantitative estimate of drug-likeness (QED) is 0.633. The topological polar surface area (TPSA) is 76.4 Å². The van der Waals surface area contributed by atoms with E-state index in [1.165, 1.54) is 6.42 Å². The summed E-state index contributed by atoms with van der Waals surface area (Å²) in [6, 6.07) is 0.857. The minimum atomic E-state index is 0.331. The van der Waals surface area contributed by atoms with Crippen molar-refractivity contribution in [3.05, 3.63) is 11.6 Å². The molecule has 1 fully saturated rings. The molecule has 2 aliphatic rings. The Labute approximate surface area is 131 Å². The summed E-state index contributed by atoms with van der Waals surface area (Å²) >= 11 is 0. The van der Waals surface area contributed by atoms with E-state index in [0.717, 1.165) is 37.0 Å². The highest BCUT2D eigenvalue weighted by molar-refractivity contribution is 5.80. The van der Waals surface area contributed by atoms with Crippen LogP contribution in [0.1, 0.15) is 38.3 Å². The van der Waals surface area contributed by atoms with Gasteiger partial charge in [0, 0.05) is 32.7 Å². The van der Waals surface area contributed by atoms with Gasteiger partial charge in [-0.25, -0.2) is 9.67 Å². The first-order valence-corrected chi connectivity index (χ1v) is 7.93. The number of aromatic nitrogens is 3. The molecule has 0 amide bonds. The van der Waals surface area contributed by atoms with E-state index in [2.05, 4.69) is 39.6 Å². The number of methoxy groups -OCH3 is 1. The fraction of sp³-hybridized carbons (Fsp3) is 0.800. The van der Waals surface area contributed by atoms with Crippen molar-refractivity contribution >= 4 is 5.96 Å². The standard InChI is InChI=1S/C15H26N6O/c1-15(2)7-11(15)18-14(16-3)17-10-5-6-13-19-12(9-22-4)20-21(13)8-10/h10-11H,5-9H2,1-4H3,(H2,16,17,18). The van der Waals surface area contributed by atoms with Crippen LogP contribution in [0.3, 0.4) is 0 Å². The van der Waals surface area contributed by atoms with Gasteiger partial charge in [0.1, 0.15) is 12.4 Å². The maximum atomic E-state index is 5.10. The van der Waals surface area contributed by atoms with Gasteiger partial charge in [0.2, 0.25) is 0 Å². The van der Waals surface area contributed by atoms with Crippen LogP contribution in [0.5, 0.6) is 0 Å². The fourth-order valence-electron chi connectivity index (χ4n) is 2.91. The van der Waals surface area contributed by atoms with Gasteiger partial charge >= 0.3 is 0 Å². The molecule has 0 bridgehead atoms. The second kappa shape index (κ2) is 5.87. The molecule has 1 aromatic heterocycles. The first-order chi connectivity index (χ1) is 10.5. The van der Waals surface area contributed by atoms with Crippen LogP contribution in [0.15, 0.2) is 4.99 Å². The van der Waals surface area contributed by atoms with Crippen molar-refractivity contribution < 1.29 is 4.74 Å². The molecule has 3 rings (SSSR count). The molecule has 122 valence electrons. The maximum Gasteiger partial charge on any atom is 0.191 e. The lowest BCUT2D eigenvalue weighted by Gasteiger charge is -2.25. The van der Waals surface area contributed by atoms with Crippen molar-refractivity contribution in [2.45, 2.75) is 58.3 Å². The Hall–Kier alpha value is -1.63. The monoisotopic (exact) mass is 306 g/mol. The largest absolute Gasteiger partial charge is 0.377 e. The molecule has 1 saturated carbocycles. The molecular formula is C15H26N6O. The summed E-state index contributed by atoms with van der Waals surface area (Å²) < 4.78 is 7.09. The van der Waals surface area contributed by atoms with E-state index in [4.69, 9.17) is 4.74 Å². The van der Waals surface area contributed by atoms with Crippen molar-refractivity contribution in [1.29, 1.82) is 0 Å². The molecule has 2 atom stereocenters. The van der Waals surface area contributed by atoms with E-state index >= 15 is 0 Å². The van der Waals surface area contributed by atoms with Crippen LogP contribution in [0, 0.1) is 5.41 Å². The molecule has 1 aliphatic heterocycles. The van der Waals surface area contributed by atoms with Crippen molar-refractivity contribution in [3.63, 3.8) is 0 Å². The molecule has 2 unspecified atom stereocenters. The Balaban J connectivity index is 1.57. The number of nitrogens with one attached hydrogen (secondary N) is 2. The van der Waals surface area contributed by atoms with Crippen LogP contribution < -0.4 is 10.6 Å². The third kappa shape index (κ3) is 3.24. The number of hydrogen-bond donors (Lipinski definition) is 2. The summed E-state index contributed by atoms with van der Waals surface area (Å²) in [6.07, 6.45) is 3.17. The summed E-state index contributed by atoms with van der Waals surface area (Å²) in [5, 5.41) is 11.5. The third-order valence-electron chi connectivity index (χ3n) is 4.56. The SMILES string of the molecule is CN=C(NC1CCc2nc(COC)nn2C1)NC1CC1(C)C. The minimum Gasteiger partial charge on any atom is -0.377 e. The van der Waals surface area contributed by atoms with Gasteiger partial charge < -0.3 is 15.4 Å². The zero-order valence-electron chi connectivity index (χ0n) is 13.9. The normalized spacial score (nSPS) is 26.5. The molecule has 0 spiro atoms. The Morgan fingerprint density at radius 1 is 1.45 bits per heavy atom. The van der Waals surface area contributed by atoms with Crippen LogP contribution >= 0.6 is 0 Å². The van der Waals surface area contributed by atoms with E-state index in [1.54, 1.807) is 7.11 Å². The molecule has 0 aromatic carbocycles. The van der Waals surface area contributed by atoms with Crippen molar-refractivity contribution in [2.24, 2.45) is 10.4 Å². The molecule has 0 radical (unpaired) electrons. The number of guanidine groups is 1. The van der Waals surface area contributed by atoms with Crippen molar-refractivity contribution in [2.75, 3.05) is 14.2 Å². The summed E-state index contributed by atoms with van der Waals surface area (Å²) in [4.78, 5) is 8.85. The Morgan fingerprint density at radius 2 is 2.23 bits per heavy atom. The van der Waals surface area contributed by atoms with Gasteiger partial charge in [-0.15, -0.1) is 0 Å². The Bertz CT molecular complexity index is 564. The Morgan fingerprint density at radius 3 is 2.86 bits per heavy atom. The lowest BCUT2D eigenvalue weighted by Crippen LogP contribution is -2.48. The lowest BCUT2D eigenvalue weighted by molar-refractivity contribution is 0.177. The second-order valence-electron chi connectivity index (χ2n) is 6.90. The number of nitrogens with zero attached hydrogens (tertiary/aromatic N) is 4. The van der Waals surface area contributed by atoms with Gasteiger partial charge in [0.25, 0.3) is 0 Å². The lowest BCUT2D eigenvalue weighted by atomic mass is 10.1. The fourth-order valence-corrected chi connectivity index (χ4v) is 2.91. The number of fused-ring (bicyclic) bond motifs is 1. The van der Waals surface area contributed by atoms with Crippen molar-refractivity contribution in [1.82, 2.24) is 25.4 Å². The molecule has 0 saturated heterocycles. The van der Waals surface area contributed by atoms with Crippen LogP contribution in [-0.2, 0) is 24.3 Å². The average Bonchev–Trinajstić information content (AvgIpc) is 2.90. The minimum absolute atomic E-state index is 0.331. The highest BCUT2D eigenvalue weighted by atomic mass is 16.5. The first-order valence-electron chi connectivity index (χ1n) is 7.93. The van der Waals surface area contributed by atoms with Gasteiger partial charge in [-0.2, -0.15) is 5.10 Å². The molecular weight excluding hydrogens is 280 g/mol. The van der Waals surface area contributed by atoms with Crippen LogP contribution in [0.25, 0.3) is 0 Å². The number of ether oxygens (including phenoxy) is 1. The molecule has 2 heterocycles. The molecule has 7 heteroatoms. The molecule has 1 aliphatic carbocycles. The maximum absolute atomic E-state index is 5.10. The highest BCUT2D eigenvalue weighted by Gasteiger charge is 2.46. The number of aliphatic imine (C=N–C) groups is 1. The van der Waals surface area contributed by atoms with Crippen molar-refractivity contribution in [3.8, 4) is 0 Å². The summed E-state index contributed by atoms with van der Waals surface area (Å²) in [5.74, 6) is 2.71. The van der Waals surface area contributed by atoms with Gasteiger partial charge in [-0.05, 0) is 18.3 Å². The van der Waals surface area contributed by atoms with Gasteiger partial charge in [0.15, 0.2) is 11.8 Å². The third-order valence-corrected chi connectivity index (χ3v) is 4.56. The summed E-state index contributed by atoms with van der Waals surface area (Å²) in [5.41, 5.74) is 0.387. The van der Waals surface area contributed by atoms with Gasteiger partial charge in [0.05, 0.1) is 6.54 Å². The van der Waals surface area contributed by atoms with Crippen LogP contribution in [0.2, 0.25) is 0 Å². The predicted molar refractivity (Wildman–Crippen MR) is 84.7 cm³/mol. The predicted octanol–water partition coefficient (Wildman–Crippen LogP) is 0.703. The van der Waals surface area contributed by atoms with Crippen LogP contribution in [0.4, 0.5) is 0 Å². The average molecular weight is 306 g/mol. The zero-order chi connectivity index (χ0) is 15.7. The van der Waals surface area contributed by atoms with E-state index < -0.39 is 0 Å². The molecule has 22 heavy (non-hydrogen) atoms. The molecule has 1 aromatic rings. The number of hydrogen-bond acceptors (Lipinski definition) is 4. The first kappa shape index (κ1) is 15.3.